The number of carbonyl (C=O) groups is 1. The molecule has 2 heterocycles. The van der Waals surface area contributed by atoms with Crippen molar-refractivity contribution < 1.29 is 9.53 Å². The zero-order valence-corrected chi connectivity index (χ0v) is 19.0. The van der Waals surface area contributed by atoms with E-state index in [1.165, 1.54) is 20.8 Å². The Bertz CT molecular complexity index is 1420. The third kappa shape index (κ3) is 4.19. The summed E-state index contributed by atoms with van der Waals surface area (Å²) < 4.78 is 8.15. The van der Waals surface area contributed by atoms with E-state index >= 15 is 0 Å². The van der Waals surface area contributed by atoms with E-state index in [4.69, 9.17) is 16.3 Å². The van der Waals surface area contributed by atoms with Crippen molar-refractivity contribution in [3.8, 4) is 5.75 Å². The molecule has 0 aliphatic carbocycles. The number of fused-ring (bicyclic) bond motifs is 1. The van der Waals surface area contributed by atoms with E-state index < -0.39 is 5.69 Å². The predicted molar refractivity (Wildman–Crippen MR) is 127 cm³/mol. The van der Waals surface area contributed by atoms with Crippen LogP contribution in [-0.4, -0.2) is 29.2 Å². The van der Waals surface area contributed by atoms with Gasteiger partial charge in [0.1, 0.15) is 17.0 Å². The second-order valence-electron chi connectivity index (χ2n) is 7.18. The van der Waals surface area contributed by atoms with Gasteiger partial charge < -0.3 is 9.64 Å². The van der Waals surface area contributed by atoms with Crippen LogP contribution in [0.1, 0.15) is 5.56 Å². The third-order valence-electron chi connectivity index (χ3n) is 5.17. The molecule has 0 aliphatic heterocycles. The molecule has 4 aromatic rings. The molecule has 0 aliphatic rings. The Kier molecular flexibility index (Phi) is 6.16. The Morgan fingerprint density at radius 1 is 1.09 bits per heavy atom. The number of amides is 1. The molecule has 0 spiro atoms. The molecule has 0 fully saturated rings. The molecular formula is C23H20ClN3O4S. The lowest BCUT2D eigenvalue weighted by Gasteiger charge is -2.19. The monoisotopic (exact) mass is 469 g/mol. The second kappa shape index (κ2) is 9.02. The normalized spacial score (nSPS) is 11.0. The van der Waals surface area contributed by atoms with E-state index in [1.807, 2.05) is 6.07 Å². The first kappa shape index (κ1) is 21.9. The summed E-state index contributed by atoms with van der Waals surface area (Å²) in [6, 6.07) is 15.8. The summed E-state index contributed by atoms with van der Waals surface area (Å²) in [7, 11) is 3.17. The smallest absolute Gasteiger partial charge is 0.332 e. The van der Waals surface area contributed by atoms with Crippen molar-refractivity contribution in [2.45, 2.75) is 13.1 Å². The molecule has 0 saturated heterocycles. The van der Waals surface area contributed by atoms with Crippen LogP contribution in [0, 0.1) is 0 Å². The summed E-state index contributed by atoms with van der Waals surface area (Å²) in [6.45, 7) is -0.144. The SMILES string of the molecule is COc1cccc(Cn2c(=O)c3sccc3n(CC(=O)N(C)c3cccc(Cl)c3)c2=O)c1. The molecule has 0 unspecified atom stereocenters. The quantitative estimate of drug-likeness (QED) is 0.432. The summed E-state index contributed by atoms with van der Waals surface area (Å²) in [6.07, 6.45) is 0. The van der Waals surface area contributed by atoms with Gasteiger partial charge in [0.05, 0.1) is 19.2 Å². The van der Waals surface area contributed by atoms with Crippen LogP contribution in [0.2, 0.25) is 5.02 Å². The van der Waals surface area contributed by atoms with Gasteiger partial charge in [-0.3, -0.25) is 18.7 Å². The number of hydrogen-bond donors (Lipinski definition) is 0. The van der Waals surface area contributed by atoms with E-state index in [9.17, 15) is 14.4 Å². The number of nitrogens with zero attached hydrogens (tertiary/aromatic N) is 3. The number of rotatable bonds is 6. The van der Waals surface area contributed by atoms with Gasteiger partial charge in [-0.2, -0.15) is 0 Å². The summed E-state index contributed by atoms with van der Waals surface area (Å²) in [5.41, 5.74) is 0.876. The van der Waals surface area contributed by atoms with E-state index in [1.54, 1.807) is 68.1 Å². The summed E-state index contributed by atoms with van der Waals surface area (Å²) in [4.78, 5) is 40.8. The minimum Gasteiger partial charge on any atom is -0.497 e. The van der Waals surface area contributed by atoms with Crippen LogP contribution in [0.3, 0.4) is 0 Å². The van der Waals surface area contributed by atoms with Crippen LogP contribution < -0.4 is 20.9 Å². The number of methoxy groups -OCH3 is 1. The molecule has 4 rings (SSSR count). The Morgan fingerprint density at radius 3 is 2.62 bits per heavy atom. The molecule has 0 N–H and O–H groups in total. The highest BCUT2D eigenvalue weighted by Gasteiger charge is 2.19. The van der Waals surface area contributed by atoms with Crippen LogP contribution in [0.4, 0.5) is 5.69 Å². The molecular weight excluding hydrogens is 450 g/mol. The Morgan fingerprint density at radius 2 is 1.88 bits per heavy atom. The van der Waals surface area contributed by atoms with E-state index in [2.05, 4.69) is 0 Å². The number of anilines is 1. The minimum atomic E-state index is -0.545. The van der Waals surface area contributed by atoms with Crippen molar-refractivity contribution in [3.05, 3.63) is 91.4 Å². The molecule has 2 aromatic carbocycles. The largest absolute Gasteiger partial charge is 0.497 e. The van der Waals surface area contributed by atoms with Gasteiger partial charge in [0.2, 0.25) is 5.91 Å². The number of aromatic nitrogens is 2. The fourth-order valence-electron chi connectivity index (χ4n) is 3.45. The molecule has 0 atom stereocenters. The highest BCUT2D eigenvalue weighted by Crippen LogP contribution is 2.20. The predicted octanol–water partition coefficient (Wildman–Crippen LogP) is 3.60. The molecule has 32 heavy (non-hydrogen) atoms. The fraction of sp³-hybridized carbons (Fsp3) is 0.174. The second-order valence-corrected chi connectivity index (χ2v) is 8.53. The summed E-state index contributed by atoms with van der Waals surface area (Å²) in [5, 5.41) is 2.25. The van der Waals surface area contributed by atoms with Crippen LogP contribution in [0.5, 0.6) is 5.75 Å². The number of carbonyl (C=O) groups excluding carboxylic acids is 1. The lowest BCUT2D eigenvalue weighted by Crippen LogP contribution is -2.42. The van der Waals surface area contributed by atoms with Crippen LogP contribution >= 0.6 is 22.9 Å². The standard InChI is InChI=1S/C23H20ClN3O4S/c1-25(17-7-4-6-16(24)12-17)20(28)14-26-19-9-10-32-21(19)22(29)27(23(26)30)13-15-5-3-8-18(11-15)31-2/h3-12H,13-14H2,1-2H3. The van der Waals surface area contributed by atoms with E-state index in [0.717, 1.165) is 10.1 Å². The highest BCUT2D eigenvalue weighted by atomic mass is 35.5. The lowest BCUT2D eigenvalue weighted by molar-refractivity contribution is -0.118. The first-order valence-electron chi connectivity index (χ1n) is 9.75. The number of halogens is 1. The van der Waals surface area contributed by atoms with Crippen molar-refractivity contribution in [2.24, 2.45) is 0 Å². The maximum absolute atomic E-state index is 13.3. The number of likely N-dealkylation sites (N-methyl/N-ethyl adjacent to an activating group) is 1. The van der Waals surface area contributed by atoms with E-state index in [0.29, 0.717) is 26.7 Å². The van der Waals surface area contributed by atoms with Crippen LogP contribution in [0.15, 0.2) is 69.6 Å². The van der Waals surface area contributed by atoms with Gasteiger partial charge >= 0.3 is 5.69 Å². The molecule has 0 saturated carbocycles. The van der Waals surface area contributed by atoms with Crippen molar-refractivity contribution in [1.82, 2.24) is 9.13 Å². The average Bonchev–Trinajstić information content (AvgIpc) is 3.29. The van der Waals surface area contributed by atoms with Crippen molar-refractivity contribution >= 4 is 44.7 Å². The van der Waals surface area contributed by atoms with Gasteiger partial charge in [0.15, 0.2) is 0 Å². The Hall–Kier alpha value is -3.36. The van der Waals surface area contributed by atoms with Gasteiger partial charge in [-0.25, -0.2) is 4.79 Å². The topological polar surface area (TPSA) is 73.5 Å². The van der Waals surface area contributed by atoms with Crippen LogP contribution in [-0.2, 0) is 17.9 Å². The molecule has 2 aromatic heterocycles. The van der Waals surface area contributed by atoms with E-state index in [-0.39, 0.29) is 24.6 Å². The van der Waals surface area contributed by atoms with Crippen molar-refractivity contribution in [1.29, 1.82) is 0 Å². The maximum Gasteiger partial charge on any atom is 0.332 e. The number of thiophene rings is 1. The zero-order valence-electron chi connectivity index (χ0n) is 17.4. The average molecular weight is 470 g/mol. The lowest BCUT2D eigenvalue weighted by atomic mass is 10.2. The van der Waals surface area contributed by atoms with Gasteiger partial charge in [-0.05, 0) is 47.3 Å². The maximum atomic E-state index is 13.3. The van der Waals surface area contributed by atoms with Gasteiger partial charge in [0, 0.05) is 17.8 Å². The molecule has 164 valence electrons. The molecule has 1 amide bonds. The minimum absolute atomic E-state index is 0.0705. The van der Waals surface area contributed by atoms with Crippen molar-refractivity contribution in [2.75, 3.05) is 19.1 Å². The third-order valence-corrected chi connectivity index (χ3v) is 6.30. The first-order valence-corrected chi connectivity index (χ1v) is 11.0. The number of hydrogen-bond acceptors (Lipinski definition) is 5. The molecule has 0 bridgehead atoms. The summed E-state index contributed by atoms with van der Waals surface area (Å²) >= 11 is 7.28. The van der Waals surface area contributed by atoms with Crippen LogP contribution in [0.25, 0.3) is 10.2 Å². The Balaban J connectivity index is 1.74. The Labute approximate surface area is 192 Å². The fourth-order valence-corrected chi connectivity index (χ4v) is 4.48. The van der Waals surface area contributed by atoms with Gasteiger partial charge in [-0.15, -0.1) is 11.3 Å². The number of benzene rings is 2. The molecule has 9 heteroatoms. The zero-order chi connectivity index (χ0) is 22.8. The molecule has 7 nitrogen and oxygen atoms in total. The first-order chi connectivity index (χ1) is 15.4. The molecule has 0 radical (unpaired) electrons. The van der Waals surface area contributed by atoms with Crippen molar-refractivity contribution in [3.63, 3.8) is 0 Å². The van der Waals surface area contributed by atoms with Gasteiger partial charge in [-0.1, -0.05) is 29.8 Å². The van der Waals surface area contributed by atoms with Gasteiger partial charge in [0.25, 0.3) is 5.56 Å². The number of ether oxygens (including phenoxy) is 1. The summed E-state index contributed by atoms with van der Waals surface area (Å²) in [5.74, 6) is 0.319. The highest BCUT2D eigenvalue weighted by molar-refractivity contribution is 7.17.